The first-order valence-corrected chi connectivity index (χ1v) is 25.0. The number of carbonyl (C=O) groups excluding carboxylic acids is 1. The van der Waals surface area contributed by atoms with Crippen molar-refractivity contribution in [1.29, 1.82) is 0 Å². The van der Waals surface area contributed by atoms with E-state index in [2.05, 4.69) is 102 Å². The molecular weight excluding hydrogens is 589 g/mol. The van der Waals surface area contributed by atoms with Crippen molar-refractivity contribution in [3.8, 4) is 0 Å². The minimum absolute atomic E-state index is 0.0278. The van der Waals surface area contributed by atoms with Crippen LogP contribution in [-0.2, 0) is 27.5 Å². The van der Waals surface area contributed by atoms with Crippen LogP contribution in [0.2, 0.25) is 54.4 Å². The molecule has 0 amide bonds. The summed E-state index contributed by atoms with van der Waals surface area (Å²) in [6, 6.07) is 0. The Morgan fingerprint density at radius 2 is 1.17 bits per heavy atom. The Hall–Kier alpha value is 0.431. The Morgan fingerprint density at radius 1 is 0.780 bits per heavy atom. The molecule has 41 heavy (non-hydrogen) atoms. The van der Waals surface area contributed by atoms with Gasteiger partial charge in [0.15, 0.2) is 36.4 Å². The normalized spacial score (nSPS) is 26.2. The summed E-state index contributed by atoms with van der Waals surface area (Å²) in [6.45, 7) is 37.2. The molecule has 0 spiro atoms. The third-order valence-corrected chi connectivity index (χ3v) is 24.0. The van der Waals surface area contributed by atoms with E-state index >= 15 is 0 Å². The second kappa shape index (κ2) is 14.2. The number of aliphatic hydroxyl groups excluding tert-OH is 1. The fourth-order valence-electron chi connectivity index (χ4n) is 3.62. The van der Waals surface area contributed by atoms with Crippen LogP contribution in [0.4, 0.5) is 0 Å². The Kier molecular flexibility index (Phi) is 13.7. The zero-order chi connectivity index (χ0) is 32.4. The molecule has 6 unspecified atom stereocenters. The first-order valence-electron chi connectivity index (χ1n) is 15.3. The first-order chi connectivity index (χ1) is 18.2. The molecule has 244 valence electrons. The highest BCUT2D eigenvalue weighted by molar-refractivity contribution is 8.13. The lowest BCUT2D eigenvalue weighted by Crippen LogP contribution is -2.68. The zero-order valence-corrected chi connectivity index (χ0v) is 33.2. The average molecular weight is 653 g/mol. The van der Waals surface area contributed by atoms with Gasteiger partial charge in [-0.3, -0.25) is 4.79 Å². The Bertz CT molecular complexity index is 846. The van der Waals surface area contributed by atoms with Gasteiger partial charge in [0, 0.05) is 12.7 Å². The summed E-state index contributed by atoms with van der Waals surface area (Å²) in [4.78, 5) is 12.1. The molecule has 0 aromatic heterocycles. The Labute approximate surface area is 259 Å². The van der Waals surface area contributed by atoms with Crippen LogP contribution in [0.15, 0.2) is 0 Å². The van der Waals surface area contributed by atoms with E-state index in [0.29, 0.717) is 12.2 Å². The molecule has 11 heteroatoms. The molecule has 1 heterocycles. The maximum atomic E-state index is 12.1. The Morgan fingerprint density at radius 3 is 1.54 bits per heavy atom. The van der Waals surface area contributed by atoms with Crippen LogP contribution in [0.1, 0.15) is 82.6 Å². The van der Waals surface area contributed by atoms with Gasteiger partial charge in [-0.15, -0.1) is 0 Å². The molecule has 1 aliphatic rings. The molecule has 0 radical (unpaired) electrons. The molecule has 1 fully saturated rings. The summed E-state index contributed by atoms with van der Waals surface area (Å²) < 4.78 is 34.7. The molecule has 0 aromatic rings. The maximum Gasteiger partial charge on any atom is 0.192 e. The van der Waals surface area contributed by atoms with Gasteiger partial charge in [0.1, 0.15) is 12.2 Å². The highest BCUT2D eigenvalue weighted by atomic mass is 32.2. The summed E-state index contributed by atoms with van der Waals surface area (Å²) in [7, 11) is -6.98. The molecule has 0 aliphatic carbocycles. The van der Waals surface area contributed by atoms with Gasteiger partial charge in [0.2, 0.25) is 0 Å². The predicted octanol–water partition coefficient (Wildman–Crippen LogP) is 7.95. The van der Waals surface area contributed by atoms with E-state index in [1.165, 1.54) is 11.8 Å². The van der Waals surface area contributed by atoms with Gasteiger partial charge in [0.25, 0.3) is 0 Å². The SMILES string of the molecule is CCC(O)COC1OC(CSC(C)=O)C(O[Si](C)(C)C(C)(C)C)C(O[Si](C)(C)C(C)(C)C)C1O[Si](C)(C)C(C)(C)C. The van der Waals surface area contributed by atoms with Gasteiger partial charge in [0.05, 0.1) is 24.9 Å². The molecule has 1 aliphatic heterocycles. The van der Waals surface area contributed by atoms with E-state index < -0.39 is 61.8 Å². The molecular formula is C30H64O7SSi3. The number of thioether (sulfide) groups is 1. The van der Waals surface area contributed by atoms with Crippen molar-refractivity contribution in [1.82, 2.24) is 0 Å². The fraction of sp³-hybridized carbons (Fsp3) is 0.967. The highest BCUT2D eigenvalue weighted by Gasteiger charge is 2.56. The summed E-state index contributed by atoms with van der Waals surface area (Å²) in [5, 5.41) is 10.3. The van der Waals surface area contributed by atoms with E-state index in [-0.39, 0.29) is 26.8 Å². The summed E-state index contributed by atoms with van der Waals surface area (Å²) in [5.41, 5.74) is 0. The van der Waals surface area contributed by atoms with Crippen LogP contribution in [0, 0.1) is 0 Å². The van der Waals surface area contributed by atoms with Crippen molar-refractivity contribution in [3.05, 3.63) is 0 Å². The van der Waals surface area contributed by atoms with Gasteiger partial charge in [-0.1, -0.05) is 81.0 Å². The van der Waals surface area contributed by atoms with Crippen LogP contribution in [0.3, 0.4) is 0 Å². The number of carbonyl (C=O) groups is 1. The molecule has 0 aromatic carbocycles. The lowest BCUT2D eigenvalue weighted by molar-refractivity contribution is -0.287. The van der Waals surface area contributed by atoms with Crippen molar-refractivity contribution in [3.63, 3.8) is 0 Å². The summed E-state index contributed by atoms with van der Waals surface area (Å²) in [6.07, 6.45) is -2.71. The van der Waals surface area contributed by atoms with Gasteiger partial charge < -0.3 is 27.9 Å². The highest BCUT2D eigenvalue weighted by Crippen LogP contribution is 2.46. The zero-order valence-electron chi connectivity index (χ0n) is 29.4. The smallest absolute Gasteiger partial charge is 0.192 e. The monoisotopic (exact) mass is 652 g/mol. The predicted molar refractivity (Wildman–Crippen MR) is 180 cm³/mol. The Balaban J connectivity index is 3.87. The standard InChI is InChI=1S/C30H64O7SSi3/c1-18-22(32)19-33-27-26(37-41(16,17)30(9,10)11)25(36-40(14,15)29(6,7)8)24(23(34-27)20-38-21(2)31)35-39(12,13)28(3,4)5/h22-27,32H,18-20H2,1-17H3. The molecule has 1 saturated heterocycles. The van der Waals surface area contributed by atoms with Gasteiger partial charge >= 0.3 is 0 Å². The van der Waals surface area contributed by atoms with Crippen LogP contribution < -0.4 is 0 Å². The second-order valence-electron chi connectivity index (χ2n) is 16.3. The number of hydrogen-bond donors (Lipinski definition) is 1. The van der Waals surface area contributed by atoms with E-state index in [1.54, 1.807) is 6.92 Å². The van der Waals surface area contributed by atoms with Crippen molar-refractivity contribution >= 4 is 41.8 Å². The maximum absolute atomic E-state index is 12.1. The minimum Gasteiger partial charge on any atom is -0.409 e. The topological polar surface area (TPSA) is 83.5 Å². The van der Waals surface area contributed by atoms with E-state index in [1.807, 2.05) is 6.92 Å². The van der Waals surface area contributed by atoms with Crippen LogP contribution in [-0.4, -0.2) is 84.3 Å². The molecule has 6 atom stereocenters. The van der Waals surface area contributed by atoms with E-state index in [4.69, 9.17) is 22.8 Å². The number of ether oxygens (including phenoxy) is 2. The number of hydrogen-bond acceptors (Lipinski definition) is 8. The van der Waals surface area contributed by atoms with Crippen LogP contribution >= 0.6 is 11.8 Å². The molecule has 1 N–H and O–H groups in total. The lowest BCUT2D eigenvalue weighted by atomic mass is 10.00. The van der Waals surface area contributed by atoms with Crippen molar-refractivity contribution in [2.45, 2.75) is 174 Å². The fourth-order valence-corrected chi connectivity index (χ4v) is 8.19. The van der Waals surface area contributed by atoms with Crippen molar-refractivity contribution < 1.29 is 32.7 Å². The van der Waals surface area contributed by atoms with E-state index in [0.717, 1.165) is 0 Å². The summed E-state index contributed by atoms with van der Waals surface area (Å²) >= 11 is 1.24. The molecule has 0 bridgehead atoms. The van der Waals surface area contributed by atoms with Gasteiger partial charge in [-0.25, -0.2) is 0 Å². The minimum atomic E-state index is -2.34. The van der Waals surface area contributed by atoms with Crippen LogP contribution in [0.5, 0.6) is 0 Å². The number of aliphatic hydroxyl groups is 1. The third-order valence-electron chi connectivity index (χ3n) is 9.68. The summed E-state index contributed by atoms with van der Waals surface area (Å²) in [5.74, 6) is 0.426. The molecule has 0 saturated carbocycles. The first kappa shape index (κ1) is 39.5. The largest absolute Gasteiger partial charge is 0.409 e. The third kappa shape index (κ3) is 10.8. The number of rotatable bonds is 12. The second-order valence-corrected chi connectivity index (χ2v) is 31.7. The van der Waals surface area contributed by atoms with Crippen molar-refractivity contribution in [2.75, 3.05) is 12.4 Å². The molecule has 7 nitrogen and oxygen atoms in total. The lowest BCUT2D eigenvalue weighted by Gasteiger charge is -2.54. The van der Waals surface area contributed by atoms with E-state index in [9.17, 15) is 9.90 Å². The molecule has 1 rings (SSSR count). The van der Waals surface area contributed by atoms with Gasteiger partial charge in [-0.2, -0.15) is 0 Å². The quantitative estimate of drug-likeness (QED) is 0.213. The van der Waals surface area contributed by atoms with Crippen molar-refractivity contribution in [2.24, 2.45) is 0 Å². The van der Waals surface area contributed by atoms with Gasteiger partial charge in [-0.05, 0) is 60.8 Å². The average Bonchev–Trinajstić information content (AvgIpc) is 2.76. The van der Waals surface area contributed by atoms with Crippen LogP contribution in [0.25, 0.3) is 0 Å².